The van der Waals surface area contributed by atoms with Gasteiger partial charge in [-0.15, -0.1) is 0 Å². The summed E-state index contributed by atoms with van der Waals surface area (Å²) in [6.45, 7) is 2.03. The standard InChI is InChI=1S/C89H99Cl2N9O33/c1-4-34(2)9-7-5-6-8-10-61(109)95-69-75(114)72(111)59(32-102)130-88(69)133-79-56-26-41-27-57(79)127-53-18-14-39(24-48(53)91)78(132-87-68(93-35(3)104)74(113)71(110)58(31-101)129-87)70-85(122)99-67(86(123)124)46-29-43(106)30-55(128-89-77(116)76(115)73(112)60(33-103)131-89)62(46)45-23-38(13-15-50(45)107)64(82(119)100-70)97-84(121)66(41)98-83(120)65-40-21-42(105)28-44(22-40)125-54-25-37(12-16-51(54)108)63(92)81(118)94-49(80(117)96-65)20-36-11-17-52(126-56)47(90)19-36/h11-19,21-30,34,49,58-60,63-78,87-89,101-103,105-108,110-116H,4-10,20,31-33,92H2,1-3H3,(H,93,104)(H,94,118)(H,95,109)(H,96,117)(H,97,121)(H,98,120)(H,99,122)(H,100,119)(H,123,124)/t34?,49-,58?,59-,60-,63-,64-,65+,66-,67+,68-,69-,70+,71?,72?,73-,74?,75?,76+,77+,78-,87+,88+,89+/m1/s1. The van der Waals surface area contributed by atoms with E-state index in [4.69, 9.17) is 71.6 Å². The number of halogens is 2. The Kier molecular flexibility index (Phi) is 30.0. The van der Waals surface area contributed by atoms with Crippen LogP contribution >= 0.6 is 23.2 Å². The number of nitrogens with two attached hydrogens (primary N) is 1. The molecule has 9 heterocycles. The molecule has 42 nitrogen and oxygen atoms in total. The van der Waals surface area contributed by atoms with E-state index in [2.05, 4.69) is 56.4 Å². The molecule has 6 unspecified atom stereocenters. The molecule has 44 heteroatoms. The fraction of sp³-hybridized carbons (Fsp3) is 0.427. The molecule has 3 saturated heterocycles. The molecule has 133 heavy (non-hydrogen) atoms. The number of benzene rings is 7. The van der Waals surface area contributed by atoms with Crippen molar-refractivity contribution >= 4 is 76.4 Å². The van der Waals surface area contributed by atoms with E-state index in [0.29, 0.717) is 18.8 Å². The van der Waals surface area contributed by atoms with Gasteiger partial charge < -0.3 is 167 Å². The van der Waals surface area contributed by atoms with Gasteiger partial charge in [-0.25, -0.2) is 4.79 Å². The fourth-order valence-corrected chi connectivity index (χ4v) is 17.1. The van der Waals surface area contributed by atoms with Gasteiger partial charge in [-0.3, -0.25) is 38.4 Å². The summed E-state index contributed by atoms with van der Waals surface area (Å²) in [5.41, 5.74) is 2.80. The zero-order valence-corrected chi connectivity index (χ0v) is 72.5. The Hall–Kier alpha value is -12.1. The molecule has 7 aromatic rings. The lowest BCUT2D eigenvalue weighted by Crippen LogP contribution is -2.65. The van der Waals surface area contributed by atoms with Crippen LogP contribution in [0.15, 0.2) is 115 Å². The van der Waals surface area contributed by atoms with Gasteiger partial charge in [-0.05, 0) is 125 Å². The number of fused-ring (bicyclic) bond motifs is 14. The van der Waals surface area contributed by atoms with E-state index in [1.807, 2.05) is 0 Å². The van der Waals surface area contributed by atoms with E-state index in [0.717, 1.165) is 118 Å². The zero-order chi connectivity index (χ0) is 95.6. The highest BCUT2D eigenvalue weighted by Gasteiger charge is 2.52. The lowest BCUT2D eigenvalue weighted by Gasteiger charge is -2.44. The fourth-order valence-electron chi connectivity index (χ4n) is 16.6. The van der Waals surface area contributed by atoms with Crippen molar-refractivity contribution in [3.63, 3.8) is 0 Å². The Bertz CT molecular complexity index is 5580. The third-order valence-electron chi connectivity index (χ3n) is 24.0. The molecule has 9 aliphatic rings. The molecule has 0 aromatic heterocycles. The number of amides is 8. The van der Waals surface area contributed by atoms with Gasteiger partial charge in [0.25, 0.3) is 0 Å². The number of phenols is 4. The minimum absolute atomic E-state index is 0.0270. The van der Waals surface area contributed by atoms with Gasteiger partial charge in [0.2, 0.25) is 65.6 Å². The van der Waals surface area contributed by atoms with Crippen LogP contribution in [0.2, 0.25) is 10.0 Å². The maximum atomic E-state index is 17.0. The van der Waals surface area contributed by atoms with E-state index in [1.54, 1.807) is 0 Å². The lowest BCUT2D eigenvalue weighted by atomic mass is 9.89. The number of carbonyl (C=O) groups is 9. The predicted octanol–water partition coefficient (Wildman–Crippen LogP) is 1.41. The number of carboxylic acids is 1. The second-order valence-electron chi connectivity index (χ2n) is 33.3. The molecular weight excluding hydrogens is 1790 g/mol. The number of carboxylic acid groups (broad SMARTS) is 1. The molecule has 0 spiro atoms. The van der Waals surface area contributed by atoms with Crippen molar-refractivity contribution in [2.75, 3.05) is 19.8 Å². The van der Waals surface area contributed by atoms with Crippen molar-refractivity contribution in [1.29, 1.82) is 0 Å². The van der Waals surface area contributed by atoms with Gasteiger partial charge in [0.05, 0.1) is 29.9 Å². The minimum atomic E-state index is -2.59. The zero-order valence-electron chi connectivity index (χ0n) is 71.0. The van der Waals surface area contributed by atoms with Gasteiger partial charge in [0.1, 0.15) is 156 Å². The molecule has 8 amide bonds. The monoisotopic (exact) mass is 1890 g/mol. The van der Waals surface area contributed by atoms with E-state index in [1.165, 1.54) is 30.3 Å². The quantitative estimate of drug-likeness (QED) is 0.0480. The number of aliphatic hydroxyl groups excluding tert-OH is 10. The molecule has 7 aromatic carbocycles. The summed E-state index contributed by atoms with van der Waals surface area (Å²) < 4.78 is 57.5. The minimum Gasteiger partial charge on any atom is -0.508 e. The highest BCUT2D eigenvalue weighted by atomic mass is 35.5. The number of nitrogens with one attached hydrogen (secondary N) is 8. The second kappa shape index (κ2) is 41.2. The summed E-state index contributed by atoms with van der Waals surface area (Å²) in [5.74, 6) is -19.1. The van der Waals surface area contributed by atoms with Crippen molar-refractivity contribution in [2.45, 2.75) is 213 Å². The van der Waals surface area contributed by atoms with Crippen LogP contribution in [0.25, 0.3) is 11.1 Å². The van der Waals surface area contributed by atoms with Crippen molar-refractivity contribution in [3.05, 3.63) is 164 Å². The Morgan fingerprint density at radius 3 is 1.70 bits per heavy atom. The molecule has 3 fully saturated rings. The van der Waals surface area contributed by atoms with Crippen LogP contribution in [0.5, 0.6) is 69.0 Å². The molecule has 0 saturated carbocycles. The second-order valence-corrected chi connectivity index (χ2v) is 34.1. The van der Waals surface area contributed by atoms with Crippen LogP contribution in [-0.4, -0.2) is 254 Å². The number of hydrogen-bond donors (Lipinski definition) is 24. The van der Waals surface area contributed by atoms with E-state index in [-0.39, 0.29) is 39.8 Å². The summed E-state index contributed by atoms with van der Waals surface area (Å²) in [6.07, 6.45) is -24.9. The molecular formula is C89H99Cl2N9O33. The molecule has 17 bridgehead atoms. The van der Waals surface area contributed by atoms with E-state index in [9.17, 15) is 95.8 Å². The van der Waals surface area contributed by atoms with Crippen molar-refractivity contribution < 1.29 is 162 Å². The van der Waals surface area contributed by atoms with Crippen LogP contribution < -0.4 is 72.0 Å². The van der Waals surface area contributed by atoms with Gasteiger partial charge in [0, 0.05) is 48.6 Å². The molecule has 24 atom stereocenters. The predicted molar refractivity (Wildman–Crippen MR) is 458 cm³/mol. The number of ether oxygens (including phenoxy) is 9. The summed E-state index contributed by atoms with van der Waals surface area (Å²) >= 11 is 14.7. The van der Waals surface area contributed by atoms with Gasteiger partial charge >= 0.3 is 5.97 Å². The third kappa shape index (κ3) is 21.1. The van der Waals surface area contributed by atoms with Crippen LogP contribution in [-0.2, 0) is 68.5 Å². The van der Waals surface area contributed by atoms with Crippen LogP contribution in [0.4, 0.5) is 0 Å². The number of phenolic OH excluding ortho intramolecular Hbond substituents is 4. The average Bonchev–Trinajstić information content (AvgIpc) is 0.754. The number of hydrogen-bond acceptors (Lipinski definition) is 33. The number of aromatic hydroxyl groups is 4. The first kappa shape index (κ1) is 97.0. The average molecular weight is 1890 g/mol. The van der Waals surface area contributed by atoms with Crippen LogP contribution in [0, 0.1) is 5.92 Å². The van der Waals surface area contributed by atoms with Crippen molar-refractivity contribution in [3.8, 4) is 80.1 Å². The van der Waals surface area contributed by atoms with Crippen LogP contribution in [0.1, 0.15) is 141 Å². The van der Waals surface area contributed by atoms with E-state index < -0.39 is 316 Å². The molecule has 16 rings (SSSR count). The first-order valence-electron chi connectivity index (χ1n) is 42.5. The SMILES string of the molecule is CCC(C)CCCCCCC(=O)N[C@@H]1C(O)C(O)[C@@H](CO)O[C@H]1Oc1c2cc3cc1Oc1ccc(cc1Cl)[C@@H](O[C@@H]1OC(CO)C(O)C(O)[C@H]1NC(C)=O)[C@@H]1NC(=O)[C@H](NC(=O)[C@@H]3NC(=O)[C@H]3NC(=O)[C@@H](Cc4ccc(c(Cl)c4)O2)NC(=O)[C@H](N)c2ccc(O)c(c2)Oc2cc(O)cc3c2)c2ccc(O)c(c2)-c2c(O[C@H]3O[C@H](CO)[C@@H](O)[C@H](O)[C@@H]3O)cc(O)cc2[C@@H](C(=O)O)NC1=O. The molecule has 9 aliphatic heterocycles. The molecule has 712 valence electrons. The first-order valence-corrected chi connectivity index (χ1v) is 43.2. The van der Waals surface area contributed by atoms with E-state index >= 15 is 24.0 Å². The Morgan fingerprint density at radius 1 is 0.511 bits per heavy atom. The van der Waals surface area contributed by atoms with Crippen molar-refractivity contribution in [2.24, 2.45) is 11.7 Å². The Morgan fingerprint density at radius 2 is 1.07 bits per heavy atom. The number of aliphatic carboxylic acids is 1. The number of aliphatic hydroxyl groups is 10. The maximum Gasteiger partial charge on any atom is 0.330 e. The van der Waals surface area contributed by atoms with Gasteiger partial charge in [-0.1, -0.05) is 93.4 Å². The number of unbranched alkanes of at least 4 members (excludes halogenated alkanes) is 3. The number of rotatable bonds is 20. The van der Waals surface area contributed by atoms with Crippen LogP contribution in [0.3, 0.4) is 0 Å². The normalized spacial score (nSPS) is 29.0. The topological polar surface area (TPSA) is 662 Å². The highest BCUT2D eigenvalue weighted by molar-refractivity contribution is 6.32. The highest BCUT2D eigenvalue weighted by Crippen LogP contribution is 2.51. The Balaban J connectivity index is 1.03. The Labute approximate surface area is 766 Å². The molecule has 25 N–H and O–H groups in total. The summed E-state index contributed by atoms with van der Waals surface area (Å²) in [5, 5.41) is 190. The third-order valence-corrected chi connectivity index (χ3v) is 24.6. The maximum absolute atomic E-state index is 17.0. The first-order chi connectivity index (χ1) is 63.4. The molecule has 0 aliphatic carbocycles. The van der Waals surface area contributed by atoms with Crippen molar-refractivity contribution in [1.82, 2.24) is 42.5 Å². The van der Waals surface area contributed by atoms with Gasteiger partial charge in [-0.2, -0.15) is 0 Å². The van der Waals surface area contributed by atoms with Gasteiger partial charge in [0.15, 0.2) is 35.3 Å². The lowest BCUT2D eigenvalue weighted by molar-refractivity contribution is -0.284. The summed E-state index contributed by atoms with van der Waals surface area (Å²) in [6, 6.07) is 0.677. The number of carbonyl (C=O) groups excluding carboxylic acids is 8. The smallest absolute Gasteiger partial charge is 0.330 e. The summed E-state index contributed by atoms with van der Waals surface area (Å²) in [4.78, 5) is 138. The summed E-state index contributed by atoms with van der Waals surface area (Å²) in [7, 11) is 0. The molecule has 0 radical (unpaired) electrons. The largest absolute Gasteiger partial charge is 0.508 e.